The average Bonchev–Trinajstić information content (AvgIpc) is 2.80. The number of halogens is 1. The quantitative estimate of drug-likeness (QED) is 0.692. The maximum atomic E-state index is 11.0. The van der Waals surface area contributed by atoms with E-state index >= 15 is 0 Å². The highest BCUT2D eigenvalue weighted by Crippen LogP contribution is 2.24. The molecule has 0 radical (unpaired) electrons. The fourth-order valence-corrected chi connectivity index (χ4v) is 2.05. The zero-order valence-electron chi connectivity index (χ0n) is 10.2. The molecule has 0 bridgehead atoms. The SMILES string of the molecule is CC(O)c1cnn(Cc2ccc(Br)cc2[N+](=O)[O-])c1. The van der Waals surface area contributed by atoms with E-state index in [-0.39, 0.29) is 12.2 Å². The van der Waals surface area contributed by atoms with Crippen molar-refractivity contribution in [2.24, 2.45) is 0 Å². The monoisotopic (exact) mass is 325 g/mol. The molecule has 0 saturated carbocycles. The fourth-order valence-electron chi connectivity index (χ4n) is 1.70. The lowest BCUT2D eigenvalue weighted by molar-refractivity contribution is -0.385. The van der Waals surface area contributed by atoms with E-state index in [1.54, 1.807) is 36.1 Å². The van der Waals surface area contributed by atoms with Gasteiger partial charge >= 0.3 is 0 Å². The van der Waals surface area contributed by atoms with Gasteiger partial charge in [-0.25, -0.2) is 0 Å². The lowest BCUT2D eigenvalue weighted by atomic mass is 10.2. The van der Waals surface area contributed by atoms with Crippen molar-refractivity contribution in [3.8, 4) is 0 Å². The van der Waals surface area contributed by atoms with Gasteiger partial charge in [0.15, 0.2) is 0 Å². The summed E-state index contributed by atoms with van der Waals surface area (Å²) in [7, 11) is 0. The molecule has 1 heterocycles. The zero-order valence-corrected chi connectivity index (χ0v) is 11.7. The van der Waals surface area contributed by atoms with E-state index in [0.29, 0.717) is 15.6 Å². The van der Waals surface area contributed by atoms with Crippen molar-refractivity contribution in [3.63, 3.8) is 0 Å². The van der Waals surface area contributed by atoms with E-state index in [4.69, 9.17) is 0 Å². The van der Waals surface area contributed by atoms with Crippen molar-refractivity contribution in [1.29, 1.82) is 0 Å². The molecule has 0 amide bonds. The van der Waals surface area contributed by atoms with E-state index in [9.17, 15) is 15.2 Å². The molecule has 7 heteroatoms. The van der Waals surface area contributed by atoms with Crippen LogP contribution in [0, 0.1) is 10.1 Å². The maximum Gasteiger partial charge on any atom is 0.275 e. The minimum atomic E-state index is -0.603. The molecule has 2 rings (SSSR count). The van der Waals surface area contributed by atoms with Crippen molar-refractivity contribution < 1.29 is 10.0 Å². The highest BCUT2D eigenvalue weighted by atomic mass is 79.9. The number of benzene rings is 1. The molecule has 0 aliphatic heterocycles. The Balaban J connectivity index is 2.29. The summed E-state index contributed by atoms with van der Waals surface area (Å²) >= 11 is 3.21. The van der Waals surface area contributed by atoms with Gasteiger partial charge in [-0.05, 0) is 19.1 Å². The molecular weight excluding hydrogens is 314 g/mol. The van der Waals surface area contributed by atoms with Crippen molar-refractivity contribution >= 4 is 21.6 Å². The molecule has 0 aliphatic rings. The van der Waals surface area contributed by atoms with Crippen LogP contribution in [0.1, 0.15) is 24.2 Å². The summed E-state index contributed by atoms with van der Waals surface area (Å²) in [5.41, 5.74) is 1.29. The fraction of sp³-hybridized carbons (Fsp3) is 0.250. The number of aliphatic hydroxyl groups excluding tert-OH is 1. The average molecular weight is 326 g/mol. The second-order valence-corrected chi connectivity index (χ2v) is 5.09. The standard InChI is InChI=1S/C12H12BrN3O3/c1-8(17)10-5-14-15(7-10)6-9-2-3-11(13)4-12(9)16(18)19/h2-5,7-8,17H,6H2,1H3. The number of nitro benzene ring substituents is 1. The predicted octanol–water partition coefficient (Wildman–Crippen LogP) is 2.66. The minimum Gasteiger partial charge on any atom is -0.389 e. The van der Waals surface area contributed by atoms with Crippen LogP contribution in [0.25, 0.3) is 0 Å². The Kier molecular flexibility index (Phi) is 3.96. The van der Waals surface area contributed by atoms with E-state index in [1.807, 2.05) is 0 Å². The highest BCUT2D eigenvalue weighted by Gasteiger charge is 2.15. The Labute approximate surface area is 118 Å². The summed E-state index contributed by atoms with van der Waals surface area (Å²) in [4.78, 5) is 10.6. The predicted molar refractivity (Wildman–Crippen MR) is 72.8 cm³/mol. The third-order valence-electron chi connectivity index (χ3n) is 2.71. The van der Waals surface area contributed by atoms with Gasteiger partial charge in [0.2, 0.25) is 0 Å². The van der Waals surface area contributed by atoms with Crippen LogP contribution in [-0.2, 0) is 6.54 Å². The van der Waals surface area contributed by atoms with Crippen LogP contribution in [0.4, 0.5) is 5.69 Å². The number of hydrogen-bond acceptors (Lipinski definition) is 4. The zero-order chi connectivity index (χ0) is 14.0. The molecule has 0 aliphatic carbocycles. The first-order valence-corrected chi connectivity index (χ1v) is 6.40. The smallest absolute Gasteiger partial charge is 0.275 e. The normalized spacial score (nSPS) is 12.4. The Morgan fingerprint density at radius 3 is 2.89 bits per heavy atom. The molecule has 0 spiro atoms. The third kappa shape index (κ3) is 3.18. The number of nitro groups is 1. The van der Waals surface area contributed by atoms with Crippen LogP contribution in [-0.4, -0.2) is 19.8 Å². The maximum absolute atomic E-state index is 11.0. The van der Waals surface area contributed by atoms with Gasteiger partial charge in [-0.3, -0.25) is 14.8 Å². The lowest BCUT2D eigenvalue weighted by Gasteiger charge is -2.04. The molecule has 0 fully saturated rings. The number of hydrogen-bond donors (Lipinski definition) is 1. The van der Waals surface area contributed by atoms with Gasteiger partial charge in [-0.15, -0.1) is 0 Å². The molecule has 1 aromatic heterocycles. The molecule has 6 nitrogen and oxygen atoms in total. The number of rotatable bonds is 4. The van der Waals surface area contributed by atoms with Gasteiger partial charge in [0.25, 0.3) is 5.69 Å². The number of aromatic nitrogens is 2. The van der Waals surface area contributed by atoms with Crippen LogP contribution >= 0.6 is 15.9 Å². The van der Waals surface area contributed by atoms with Crippen LogP contribution < -0.4 is 0 Å². The van der Waals surface area contributed by atoms with E-state index in [1.165, 1.54) is 6.07 Å². The summed E-state index contributed by atoms with van der Waals surface area (Å²) in [6.07, 6.45) is 2.62. The number of aliphatic hydroxyl groups is 1. The van der Waals surface area contributed by atoms with Gasteiger partial charge < -0.3 is 5.11 Å². The summed E-state index contributed by atoms with van der Waals surface area (Å²) in [6.45, 7) is 1.93. The first-order chi connectivity index (χ1) is 8.97. The topological polar surface area (TPSA) is 81.2 Å². The van der Waals surface area contributed by atoms with Crippen LogP contribution in [0.3, 0.4) is 0 Å². The minimum absolute atomic E-state index is 0.0449. The van der Waals surface area contributed by atoms with E-state index in [2.05, 4.69) is 21.0 Å². The van der Waals surface area contributed by atoms with Crippen LogP contribution in [0.5, 0.6) is 0 Å². The summed E-state index contributed by atoms with van der Waals surface area (Å²) < 4.78 is 2.23. The molecule has 1 aromatic carbocycles. The first-order valence-electron chi connectivity index (χ1n) is 5.60. The van der Waals surface area contributed by atoms with Gasteiger partial charge in [-0.1, -0.05) is 15.9 Å². The highest BCUT2D eigenvalue weighted by molar-refractivity contribution is 9.10. The van der Waals surface area contributed by atoms with Crippen LogP contribution in [0.2, 0.25) is 0 Å². The molecule has 1 unspecified atom stereocenters. The second-order valence-electron chi connectivity index (χ2n) is 4.18. The molecule has 0 saturated heterocycles. The Hall–Kier alpha value is -1.73. The van der Waals surface area contributed by atoms with E-state index < -0.39 is 11.0 Å². The molecule has 100 valence electrons. The molecule has 19 heavy (non-hydrogen) atoms. The van der Waals surface area contributed by atoms with Crippen molar-refractivity contribution in [2.45, 2.75) is 19.6 Å². The Bertz CT molecular complexity index is 610. The van der Waals surface area contributed by atoms with Crippen molar-refractivity contribution in [3.05, 3.63) is 56.3 Å². The van der Waals surface area contributed by atoms with Crippen molar-refractivity contribution in [2.75, 3.05) is 0 Å². The summed E-state index contributed by atoms with van der Waals surface area (Å²) in [5, 5.41) is 24.5. The second kappa shape index (κ2) is 5.50. The van der Waals surface area contributed by atoms with Gasteiger partial charge in [-0.2, -0.15) is 5.10 Å². The molecular formula is C12H12BrN3O3. The third-order valence-corrected chi connectivity index (χ3v) is 3.21. The lowest BCUT2D eigenvalue weighted by Crippen LogP contribution is -2.03. The van der Waals surface area contributed by atoms with Gasteiger partial charge in [0.1, 0.15) is 0 Å². The molecule has 1 atom stereocenters. The summed E-state index contributed by atoms with van der Waals surface area (Å²) in [5.74, 6) is 0. The Morgan fingerprint density at radius 1 is 1.58 bits per heavy atom. The largest absolute Gasteiger partial charge is 0.389 e. The van der Waals surface area contributed by atoms with E-state index in [0.717, 1.165) is 0 Å². The molecule has 2 aromatic rings. The summed E-state index contributed by atoms with van der Waals surface area (Å²) in [6, 6.07) is 4.90. The van der Waals surface area contributed by atoms with Gasteiger partial charge in [0, 0.05) is 22.3 Å². The Morgan fingerprint density at radius 2 is 2.32 bits per heavy atom. The van der Waals surface area contributed by atoms with Crippen molar-refractivity contribution in [1.82, 2.24) is 9.78 Å². The molecule has 1 N–H and O–H groups in total. The van der Waals surface area contributed by atoms with Gasteiger partial charge in [0.05, 0.1) is 29.3 Å². The first kappa shape index (κ1) is 13.7. The van der Waals surface area contributed by atoms with Crippen LogP contribution in [0.15, 0.2) is 35.1 Å². The number of nitrogens with zero attached hydrogens (tertiary/aromatic N) is 3.